The van der Waals surface area contributed by atoms with Crippen LogP contribution in [0.4, 0.5) is 0 Å². The van der Waals surface area contributed by atoms with Crippen LogP contribution in [-0.4, -0.2) is 17.7 Å². The zero-order chi connectivity index (χ0) is 12.7. The van der Waals surface area contributed by atoms with E-state index in [9.17, 15) is 4.79 Å². The average molecular weight is 231 g/mol. The van der Waals surface area contributed by atoms with Gasteiger partial charge in [0.25, 0.3) is 0 Å². The number of ether oxygens (including phenoxy) is 1. The first kappa shape index (κ1) is 12.8. The van der Waals surface area contributed by atoms with E-state index in [2.05, 4.69) is 0 Å². The molecule has 0 amide bonds. The lowest BCUT2D eigenvalue weighted by Crippen LogP contribution is -2.00. The van der Waals surface area contributed by atoms with Crippen molar-refractivity contribution in [3.05, 3.63) is 35.4 Å². The van der Waals surface area contributed by atoms with Crippen LogP contribution in [0, 0.1) is 11.3 Å². The second kappa shape index (κ2) is 6.33. The Morgan fingerprint density at radius 1 is 1.53 bits per heavy atom. The van der Waals surface area contributed by atoms with Gasteiger partial charge in [-0.3, -0.25) is 0 Å². The second-order valence-electron chi connectivity index (χ2n) is 3.36. The molecule has 0 saturated carbocycles. The first-order valence-corrected chi connectivity index (χ1v) is 5.26. The molecule has 0 heterocycles. The molecule has 1 aromatic carbocycles. The number of carbonyl (C=O) groups is 1. The predicted molar refractivity (Wildman–Crippen MR) is 63.5 cm³/mol. The first-order valence-electron chi connectivity index (χ1n) is 5.26. The summed E-state index contributed by atoms with van der Waals surface area (Å²) in [6.07, 6.45) is 2.18. The van der Waals surface area contributed by atoms with Gasteiger partial charge in [0.2, 0.25) is 0 Å². The molecule has 0 saturated heterocycles. The van der Waals surface area contributed by atoms with Gasteiger partial charge in [0.1, 0.15) is 17.4 Å². The van der Waals surface area contributed by atoms with E-state index >= 15 is 0 Å². The summed E-state index contributed by atoms with van der Waals surface area (Å²) in [5.41, 5.74) is 0.289. The fourth-order valence-corrected chi connectivity index (χ4v) is 1.24. The molecule has 0 fully saturated rings. The highest BCUT2D eigenvalue weighted by Crippen LogP contribution is 2.21. The topological polar surface area (TPSA) is 70.3 Å². The van der Waals surface area contributed by atoms with Crippen LogP contribution in [-0.2, 0) is 4.79 Å². The number of carboxylic acids is 1. The standard InChI is InChI=1S/C13H13NO3/c1-2-7-17-12-6-4-3-5-10(12)8-11(9-14)13(15)16/h3-6,8H,2,7H2,1H3,(H,15,16). The normalized spacial score (nSPS) is 10.7. The number of aliphatic carboxylic acids is 1. The van der Waals surface area contributed by atoms with E-state index in [0.717, 1.165) is 6.42 Å². The van der Waals surface area contributed by atoms with Gasteiger partial charge in [-0.05, 0) is 18.6 Å². The Morgan fingerprint density at radius 3 is 2.82 bits per heavy atom. The Kier molecular flexibility index (Phi) is 4.77. The molecule has 17 heavy (non-hydrogen) atoms. The summed E-state index contributed by atoms with van der Waals surface area (Å²) >= 11 is 0. The van der Waals surface area contributed by atoms with Gasteiger partial charge >= 0.3 is 5.97 Å². The van der Waals surface area contributed by atoms with Crippen LogP contribution in [0.2, 0.25) is 0 Å². The SMILES string of the molecule is CCCOc1ccccc1C=C(C#N)C(=O)O. The minimum absolute atomic E-state index is 0.308. The van der Waals surface area contributed by atoms with Gasteiger partial charge in [-0.25, -0.2) is 4.79 Å². The summed E-state index contributed by atoms with van der Waals surface area (Å²) in [4.78, 5) is 10.7. The van der Waals surface area contributed by atoms with Gasteiger partial charge < -0.3 is 9.84 Å². The largest absolute Gasteiger partial charge is 0.493 e. The number of nitrogens with zero attached hydrogens (tertiary/aromatic N) is 1. The molecule has 0 aliphatic carbocycles. The van der Waals surface area contributed by atoms with E-state index in [1.54, 1.807) is 30.3 Å². The van der Waals surface area contributed by atoms with Gasteiger partial charge in [0, 0.05) is 5.56 Å². The molecule has 0 aliphatic rings. The Bertz CT molecular complexity index is 472. The molecule has 0 radical (unpaired) electrons. The van der Waals surface area contributed by atoms with Gasteiger partial charge in [-0.15, -0.1) is 0 Å². The smallest absolute Gasteiger partial charge is 0.346 e. The van der Waals surface area contributed by atoms with Crippen LogP contribution in [0.3, 0.4) is 0 Å². The number of hydrogen-bond acceptors (Lipinski definition) is 3. The summed E-state index contributed by atoms with van der Waals surface area (Å²) in [6, 6.07) is 8.67. The molecule has 4 nitrogen and oxygen atoms in total. The van der Waals surface area contributed by atoms with E-state index < -0.39 is 5.97 Å². The highest BCUT2D eigenvalue weighted by molar-refractivity contribution is 5.96. The average Bonchev–Trinajstić information content (AvgIpc) is 2.34. The van der Waals surface area contributed by atoms with Crippen LogP contribution in [0.25, 0.3) is 6.08 Å². The maximum Gasteiger partial charge on any atom is 0.346 e. The van der Waals surface area contributed by atoms with Crippen molar-refractivity contribution in [2.24, 2.45) is 0 Å². The number of para-hydroxylation sites is 1. The number of carboxylic acid groups (broad SMARTS) is 1. The number of benzene rings is 1. The highest BCUT2D eigenvalue weighted by atomic mass is 16.5. The molecule has 0 spiro atoms. The third kappa shape index (κ3) is 3.65. The van der Waals surface area contributed by atoms with Crippen LogP contribution < -0.4 is 4.74 Å². The van der Waals surface area contributed by atoms with E-state index in [4.69, 9.17) is 15.1 Å². The molecule has 4 heteroatoms. The Labute approximate surface area is 99.8 Å². The second-order valence-corrected chi connectivity index (χ2v) is 3.36. The lowest BCUT2D eigenvalue weighted by Gasteiger charge is -2.07. The Hall–Kier alpha value is -2.28. The van der Waals surface area contributed by atoms with Crippen molar-refractivity contribution < 1.29 is 14.6 Å². The molecule has 0 bridgehead atoms. The van der Waals surface area contributed by atoms with Gasteiger partial charge in [-0.1, -0.05) is 25.1 Å². The molecule has 0 aliphatic heterocycles. The zero-order valence-electron chi connectivity index (χ0n) is 9.51. The van der Waals surface area contributed by atoms with E-state index in [1.807, 2.05) is 6.92 Å². The van der Waals surface area contributed by atoms with Gasteiger partial charge in [0.15, 0.2) is 0 Å². The van der Waals surface area contributed by atoms with Crippen molar-refractivity contribution >= 4 is 12.0 Å². The fourth-order valence-electron chi connectivity index (χ4n) is 1.24. The third-order valence-electron chi connectivity index (χ3n) is 2.03. The highest BCUT2D eigenvalue weighted by Gasteiger charge is 2.08. The van der Waals surface area contributed by atoms with E-state index in [-0.39, 0.29) is 5.57 Å². The molecule has 0 aromatic heterocycles. The lowest BCUT2D eigenvalue weighted by atomic mass is 10.1. The summed E-state index contributed by atoms with van der Waals surface area (Å²) in [5, 5.41) is 17.5. The van der Waals surface area contributed by atoms with Crippen molar-refractivity contribution in [2.75, 3.05) is 6.61 Å². The minimum Gasteiger partial charge on any atom is -0.493 e. The summed E-state index contributed by atoms with van der Waals surface area (Å²) in [6.45, 7) is 2.54. The molecule has 88 valence electrons. The van der Waals surface area contributed by atoms with Gasteiger partial charge in [0.05, 0.1) is 6.61 Å². The number of rotatable bonds is 5. The monoisotopic (exact) mass is 231 g/mol. The molecule has 0 atom stereocenters. The molecular weight excluding hydrogens is 218 g/mol. The van der Waals surface area contributed by atoms with Crippen LogP contribution in [0.15, 0.2) is 29.8 Å². The number of hydrogen-bond donors (Lipinski definition) is 1. The number of nitriles is 1. The molecule has 1 aromatic rings. The lowest BCUT2D eigenvalue weighted by molar-refractivity contribution is -0.132. The minimum atomic E-state index is -1.24. The van der Waals surface area contributed by atoms with E-state index in [1.165, 1.54) is 6.08 Å². The fraction of sp³-hybridized carbons (Fsp3) is 0.231. The maximum atomic E-state index is 10.7. The molecule has 1 N–H and O–H groups in total. The van der Waals surface area contributed by atoms with Crippen molar-refractivity contribution in [1.82, 2.24) is 0 Å². The van der Waals surface area contributed by atoms with E-state index in [0.29, 0.717) is 17.9 Å². The molecule has 0 unspecified atom stereocenters. The van der Waals surface area contributed by atoms with Crippen LogP contribution in [0.5, 0.6) is 5.75 Å². The van der Waals surface area contributed by atoms with Crippen LogP contribution >= 0.6 is 0 Å². The summed E-state index contributed by atoms with van der Waals surface area (Å²) < 4.78 is 5.46. The first-order chi connectivity index (χ1) is 8.19. The van der Waals surface area contributed by atoms with Crippen molar-refractivity contribution in [1.29, 1.82) is 5.26 Å². The Morgan fingerprint density at radius 2 is 2.24 bits per heavy atom. The maximum absolute atomic E-state index is 10.7. The van der Waals surface area contributed by atoms with Crippen molar-refractivity contribution in [3.8, 4) is 11.8 Å². The van der Waals surface area contributed by atoms with Crippen LogP contribution in [0.1, 0.15) is 18.9 Å². The third-order valence-corrected chi connectivity index (χ3v) is 2.03. The quantitative estimate of drug-likeness (QED) is 0.624. The summed E-state index contributed by atoms with van der Waals surface area (Å²) in [7, 11) is 0. The molecular formula is C13H13NO3. The summed E-state index contributed by atoms with van der Waals surface area (Å²) in [5.74, 6) is -0.652. The Balaban J connectivity index is 3.05. The van der Waals surface area contributed by atoms with Gasteiger partial charge in [-0.2, -0.15) is 5.26 Å². The molecule has 1 rings (SSSR count). The van der Waals surface area contributed by atoms with Crippen molar-refractivity contribution in [3.63, 3.8) is 0 Å². The zero-order valence-corrected chi connectivity index (χ0v) is 9.51. The van der Waals surface area contributed by atoms with Crippen molar-refractivity contribution in [2.45, 2.75) is 13.3 Å². The predicted octanol–water partition coefficient (Wildman–Crippen LogP) is 2.47.